The maximum Gasteiger partial charge on any atom is 0.237 e. The van der Waals surface area contributed by atoms with Gasteiger partial charge in [-0.05, 0) is 18.9 Å². The molecule has 110 valence electrons. The Balaban J connectivity index is 1.92. The molecule has 1 aromatic carbocycles. The van der Waals surface area contributed by atoms with Gasteiger partial charge in [-0.25, -0.2) is 0 Å². The van der Waals surface area contributed by atoms with Gasteiger partial charge in [-0.3, -0.25) is 4.79 Å². The Bertz CT molecular complexity index is 450. The number of fused-ring (bicyclic) bond motifs is 1. The number of benzene rings is 1. The van der Waals surface area contributed by atoms with Crippen LogP contribution in [0.4, 0.5) is 0 Å². The van der Waals surface area contributed by atoms with Gasteiger partial charge >= 0.3 is 0 Å². The van der Waals surface area contributed by atoms with E-state index in [-0.39, 0.29) is 11.9 Å². The molecule has 2 unspecified atom stereocenters. The van der Waals surface area contributed by atoms with E-state index in [1.807, 2.05) is 24.3 Å². The summed E-state index contributed by atoms with van der Waals surface area (Å²) in [5, 5.41) is 3.02. The van der Waals surface area contributed by atoms with Crippen LogP contribution in [0.15, 0.2) is 24.3 Å². The lowest BCUT2D eigenvalue weighted by molar-refractivity contribution is -0.123. The second-order valence-corrected chi connectivity index (χ2v) is 4.98. The summed E-state index contributed by atoms with van der Waals surface area (Å²) in [5.74, 6) is 0.736. The van der Waals surface area contributed by atoms with E-state index in [0.717, 1.165) is 24.2 Å². The Morgan fingerprint density at radius 3 is 3.15 bits per heavy atom. The highest BCUT2D eigenvalue weighted by Crippen LogP contribution is 2.31. The normalized spacial score (nSPS) is 18.8. The van der Waals surface area contributed by atoms with Gasteiger partial charge in [0.05, 0.1) is 18.7 Å². The first kappa shape index (κ1) is 14.8. The van der Waals surface area contributed by atoms with Crippen molar-refractivity contribution >= 4 is 5.91 Å². The maximum absolute atomic E-state index is 12.1. The second kappa shape index (κ2) is 7.26. The molecule has 0 radical (unpaired) electrons. The average molecular weight is 278 g/mol. The molecule has 0 bridgehead atoms. The molecule has 0 saturated heterocycles. The molecule has 1 amide bonds. The number of para-hydroxylation sites is 1. The zero-order chi connectivity index (χ0) is 14.4. The van der Waals surface area contributed by atoms with Crippen LogP contribution in [0.2, 0.25) is 0 Å². The molecule has 5 nitrogen and oxygen atoms in total. The number of nitrogens with one attached hydrogen (secondary N) is 1. The molecule has 0 aliphatic carbocycles. The predicted molar refractivity (Wildman–Crippen MR) is 76.5 cm³/mol. The van der Waals surface area contributed by atoms with Gasteiger partial charge in [0.1, 0.15) is 5.75 Å². The largest absolute Gasteiger partial charge is 0.493 e. The van der Waals surface area contributed by atoms with Gasteiger partial charge in [0.25, 0.3) is 0 Å². The van der Waals surface area contributed by atoms with Crippen molar-refractivity contribution in [1.29, 1.82) is 0 Å². The quantitative estimate of drug-likeness (QED) is 0.771. The van der Waals surface area contributed by atoms with E-state index in [2.05, 4.69) is 5.32 Å². The van der Waals surface area contributed by atoms with Gasteiger partial charge in [-0.2, -0.15) is 0 Å². The fourth-order valence-electron chi connectivity index (χ4n) is 2.35. The van der Waals surface area contributed by atoms with Crippen molar-refractivity contribution in [3.05, 3.63) is 29.8 Å². The Morgan fingerprint density at radius 2 is 2.35 bits per heavy atom. The summed E-state index contributed by atoms with van der Waals surface area (Å²) in [6.07, 6.45) is 2.19. The minimum Gasteiger partial charge on any atom is -0.493 e. The number of methoxy groups -OCH3 is 1. The molecule has 5 heteroatoms. The van der Waals surface area contributed by atoms with Gasteiger partial charge in [0, 0.05) is 25.7 Å². The van der Waals surface area contributed by atoms with Crippen molar-refractivity contribution in [3.8, 4) is 5.75 Å². The topological polar surface area (TPSA) is 73.6 Å². The molecule has 0 aromatic heterocycles. The Hall–Kier alpha value is -1.59. The number of rotatable bonds is 6. The summed E-state index contributed by atoms with van der Waals surface area (Å²) in [7, 11) is 1.64. The average Bonchev–Trinajstić information content (AvgIpc) is 2.47. The summed E-state index contributed by atoms with van der Waals surface area (Å²) < 4.78 is 10.5. The fourth-order valence-corrected chi connectivity index (χ4v) is 2.35. The molecule has 1 aromatic rings. The van der Waals surface area contributed by atoms with Crippen LogP contribution in [-0.4, -0.2) is 32.3 Å². The molecule has 0 saturated carbocycles. The Labute approximate surface area is 119 Å². The summed E-state index contributed by atoms with van der Waals surface area (Å²) in [6.45, 7) is 1.24. The molecule has 1 aliphatic heterocycles. The second-order valence-electron chi connectivity index (χ2n) is 4.98. The third-order valence-corrected chi connectivity index (χ3v) is 3.48. The van der Waals surface area contributed by atoms with Crippen molar-refractivity contribution in [2.75, 3.05) is 20.3 Å². The lowest BCUT2D eigenvalue weighted by atomic mass is 10.00. The standard InChI is InChI=1S/C15H22N2O3/c1-19-9-4-6-12(16)15(18)17-13-8-10-20-14-7-3-2-5-11(13)14/h2-3,5,7,12-13H,4,6,8-10,16H2,1H3,(H,17,18). The molecule has 20 heavy (non-hydrogen) atoms. The van der Waals surface area contributed by atoms with E-state index < -0.39 is 6.04 Å². The van der Waals surface area contributed by atoms with Crippen LogP contribution in [-0.2, 0) is 9.53 Å². The van der Waals surface area contributed by atoms with Gasteiger partial charge in [-0.1, -0.05) is 18.2 Å². The van der Waals surface area contributed by atoms with Gasteiger partial charge in [0.15, 0.2) is 0 Å². The minimum atomic E-state index is -0.486. The highest BCUT2D eigenvalue weighted by atomic mass is 16.5. The third-order valence-electron chi connectivity index (χ3n) is 3.48. The molecule has 0 fully saturated rings. The molecule has 1 heterocycles. The van der Waals surface area contributed by atoms with Crippen molar-refractivity contribution < 1.29 is 14.3 Å². The van der Waals surface area contributed by atoms with Crippen LogP contribution in [0, 0.1) is 0 Å². The van der Waals surface area contributed by atoms with E-state index in [1.165, 1.54) is 0 Å². The SMILES string of the molecule is COCCCC(N)C(=O)NC1CCOc2ccccc21. The van der Waals surface area contributed by atoms with E-state index in [4.69, 9.17) is 15.2 Å². The Kier molecular flexibility index (Phi) is 5.38. The number of carbonyl (C=O) groups is 1. The molecular weight excluding hydrogens is 256 g/mol. The zero-order valence-electron chi connectivity index (χ0n) is 11.8. The maximum atomic E-state index is 12.1. The van der Waals surface area contributed by atoms with Crippen molar-refractivity contribution in [3.63, 3.8) is 0 Å². The van der Waals surface area contributed by atoms with Crippen molar-refractivity contribution in [1.82, 2.24) is 5.32 Å². The molecular formula is C15H22N2O3. The number of ether oxygens (including phenoxy) is 2. The van der Waals surface area contributed by atoms with Crippen LogP contribution in [0.25, 0.3) is 0 Å². The predicted octanol–water partition coefficient (Wildman–Crippen LogP) is 1.38. The molecule has 2 rings (SSSR count). The molecule has 0 spiro atoms. The molecule has 3 N–H and O–H groups in total. The van der Waals surface area contributed by atoms with Crippen LogP contribution in [0.1, 0.15) is 30.9 Å². The number of hydrogen-bond donors (Lipinski definition) is 2. The van der Waals surface area contributed by atoms with E-state index in [0.29, 0.717) is 19.6 Å². The minimum absolute atomic E-state index is 0.0130. The zero-order valence-corrected chi connectivity index (χ0v) is 11.8. The summed E-state index contributed by atoms with van der Waals surface area (Å²) in [5.41, 5.74) is 6.92. The summed E-state index contributed by atoms with van der Waals surface area (Å²) in [4.78, 5) is 12.1. The number of hydrogen-bond acceptors (Lipinski definition) is 4. The number of nitrogens with two attached hydrogens (primary N) is 1. The molecule has 2 atom stereocenters. The first-order valence-corrected chi connectivity index (χ1v) is 6.99. The highest BCUT2D eigenvalue weighted by molar-refractivity contribution is 5.82. The lowest BCUT2D eigenvalue weighted by Gasteiger charge is -2.27. The number of carbonyl (C=O) groups excluding carboxylic acids is 1. The first-order valence-electron chi connectivity index (χ1n) is 6.99. The van der Waals surface area contributed by atoms with E-state index in [1.54, 1.807) is 7.11 Å². The van der Waals surface area contributed by atoms with Crippen molar-refractivity contribution in [2.24, 2.45) is 5.73 Å². The van der Waals surface area contributed by atoms with Gasteiger partial charge in [-0.15, -0.1) is 0 Å². The molecule has 1 aliphatic rings. The fraction of sp³-hybridized carbons (Fsp3) is 0.533. The van der Waals surface area contributed by atoms with E-state index in [9.17, 15) is 4.79 Å². The van der Waals surface area contributed by atoms with Gasteiger partial charge in [0.2, 0.25) is 5.91 Å². The van der Waals surface area contributed by atoms with Crippen LogP contribution >= 0.6 is 0 Å². The van der Waals surface area contributed by atoms with Crippen LogP contribution < -0.4 is 15.8 Å². The summed E-state index contributed by atoms with van der Waals surface area (Å²) in [6, 6.07) is 7.29. The van der Waals surface area contributed by atoms with Crippen LogP contribution in [0.3, 0.4) is 0 Å². The third kappa shape index (κ3) is 3.71. The van der Waals surface area contributed by atoms with Crippen LogP contribution in [0.5, 0.6) is 5.75 Å². The number of amides is 1. The summed E-state index contributed by atoms with van der Waals surface area (Å²) >= 11 is 0. The monoisotopic (exact) mass is 278 g/mol. The van der Waals surface area contributed by atoms with Crippen molar-refractivity contribution in [2.45, 2.75) is 31.3 Å². The smallest absolute Gasteiger partial charge is 0.237 e. The van der Waals surface area contributed by atoms with Gasteiger partial charge < -0.3 is 20.5 Å². The van der Waals surface area contributed by atoms with E-state index >= 15 is 0 Å². The first-order chi connectivity index (χ1) is 9.72. The Morgan fingerprint density at radius 1 is 1.55 bits per heavy atom. The highest BCUT2D eigenvalue weighted by Gasteiger charge is 2.24. The lowest BCUT2D eigenvalue weighted by Crippen LogP contribution is -2.43.